The first-order valence-corrected chi connectivity index (χ1v) is 11.5. The SMILES string of the molecule is CC/C=C\C/C=C\C/C=C\C/C=C\C/C=C\C/C=C\CCC(=O)OCCCBr. The van der Waals surface area contributed by atoms with Crippen molar-refractivity contribution in [2.75, 3.05) is 11.9 Å². The number of hydrogen-bond acceptors (Lipinski definition) is 2. The number of carbonyl (C=O) groups is 1. The Morgan fingerprint density at radius 2 is 1.14 bits per heavy atom. The summed E-state index contributed by atoms with van der Waals surface area (Å²) in [6.45, 7) is 2.66. The van der Waals surface area contributed by atoms with Crippen LogP contribution in [0.1, 0.15) is 64.7 Å². The lowest BCUT2D eigenvalue weighted by Crippen LogP contribution is -2.05. The molecule has 0 spiro atoms. The third-order valence-electron chi connectivity index (χ3n) is 3.65. The van der Waals surface area contributed by atoms with Gasteiger partial charge in [-0.25, -0.2) is 0 Å². The molecule has 0 aliphatic carbocycles. The summed E-state index contributed by atoms with van der Waals surface area (Å²) >= 11 is 3.31. The van der Waals surface area contributed by atoms with Gasteiger partial charge in [-0.2, -0.15) is 0 Å². The van der Waals surface area contributed by atoms with Crippen LogP contribution >= 0.6 is 15.9 Å². The zero-order valence-corrected chi connectivity index (χ0v) is 19.0. The minimum Gasteiger partial charge on any atom is -0.466 e. The van der Waals surface area contributed by atoms with E-state index in [1.54, 1.807) is 0 Å². The molecule has 0 aromatic heterocycles. The standard InChI is InChI=1S/C25H37BrO2/c1-2-3-4-5-6-7-8-9-10-11-12-13-14-15-16-17-18-19-20-22-25(27)28-24-21-23-26/h3-4,6-7,9-10,12-13,15-16,18-19H,2,5,8,11,14,17,20-24H2,1H3/b4-3-,7-6-,10-9-,13-12-,16-15-,19-18-. The van der Waals surface area contributed by atoms with Gasteiger partial charge in [0.1, 0.15) is 0 Å². The van der Waals surface area contributed by atoms with Gasteiger partial charge in [0, 0.05) is 11.8 Å². The second-order valence-corrected chi connectivity index (χ2v) is 7.01. The fraction of sp³-hybridized carbons (Fsp3) is 0.480. The predicted octanol–water partition coefficient (Wildman–Crippen LogP) is 7.79. The minimum atomic E-state index is -0.111. The molecule has 0 fully saturated rings. The van der Waals surface area contributed by atoms with Gasteiger partial charge in [0.15, 0.2) is 0 Å². The summed E-state index contributed by atoms with van der Waals surface area (Å²) in [6.07, 6.45) is 34.2. The first kappa shape index (κ1) is 26.4. The lowest BCUT2D eigenvalue weighted by Gasteiger charge is -2.01. The number of allylic oxidation sites excluding steroid dienone is 12. The molecule has 0 rings (SSSR count). The molecule has 0 amide bonds. The summed E-state index contributed by atoms with van der Waals surface area (Å²) < 4.78 is 5.08. The second-order valence-electron chi connectivity index (χ2n) is 6.22. The average molecular weight is 449 g/mol. The van der Waals surface area contributed by atoms with E-state index in [1.165, 1.54) is 0 Å². The van der Waals surface area contributed by atoms with Crippen LogP contribution in [0.5, 0.6) is 0 Å². The first-order valence-electron chi connectivity index (χ1n) is 10.4. The van der Waals surface area contributed by atoms with Crippen molar-refractivity contribution >= 4 is 21.9 Å². The van der Waals surface area contributed by atoms with E-state index in [4.69, 9.17) is 4.74 Å². The monoisotopic (exact) mass is 448 g/mol. The average Bonchev–Trinajstić information content (AvgIpc) is 2.70. The Kier molecular flexibility index (Phi) is 22.1. The van der Waals surface area contributed by atoms with Crippen LogP contribution in [0.3, 0.4) is 0 Å². The molecule has 0 aromatic rings. The van der Waals surface area contributed by atoms with Crippen molar-refractivity contribution in [2.24, 2.45) is 0 Å². The minimum absolute atomic E-state index is 0.111. The molecule has 0 radical (unpaired) electrons. The predicted molar refractivity (Wildman–Crippen MR) is 127 cm³/mol. The highest BCUT2D eigenvalue weighted by Crippen LogP contribution is 1.99. The highest BCUT2D eigenvalue weighted by Gasteiger charge is 1.99. The molecule has 0 aliphatic heterocycles. The Hall–Kier alpha value is -1.61. The smallest absolute Gasteiger partial charge is 0.306 e. The van der Waals surface area contributed by atoms with Gasteiger partial charge >= 0.3 is 5.97 Å². The maximum Gasteiger partial charge on any atom is 0.306 e. The van der Waals surface area contributed by atoms with Gasteiger partial charge in [-0.1, -0.05) is 95.8 Å². The largest absolute Gasteiger partial charge is 0.466 e. The highest BCUT2D eigenvalue weighted by molar-refractivity contribution is 9.09. The number of ether oxygens (including phenoxy) is 1. The van der Waals surface area contributed by atoms with E-state index >= 15 is 0 Å². The zero-order valence-electron chi connectivity index (χ0n) is 17.4. The Labute approximate surface area is 181 Å². The van der Waals surface area contributed by atoms with Crippen LogP contribution in [-0.4, -0.2) is 17.9 Å². The van der Waals surface area contributed by atoms with E-state index in [-0.39, 0.29) is 5.97 Å². The molecule has 0 unspecified atom stereocenters. The van der Waals surface area contributed by atoms with E-state index in [0.717, 1.165) is 56.7 Å². The molecule has 156 valence electrons. The molecular weight excluding hydrogens is 412 g/mol. The Morgan fingerprint density at radius 3 is 1.57 bits per heavy atom. The van der Waals surface area contributed by atoms with Crippen molar-refractivity contribution in [1.29, 1.82) is 0 Å². The molecule has 0 heterocycles. The summed E-state index contributed by atoms with van der Waals surface area (Å²) in [5.41, 5.74) is 0. The van der Waals surface area contributed by atoms with E-state index < -0.39 is 0 Å². The zero-order chi connectivity index (χ0) is 20.5. The van der Waals surface area contributed by atoms with Crippen molar-refractivity contribution in [3.05, 3.63) is 72.9 Å². The molecule has 0 saturated heterocycles. The lowest BCUT2D eigenvalue weighted by molar-refractivity contribution is -0.143. The van der Waals surface area contributed by atoms with E-state index in [0.29, 0.717) is 13.0 Å². The number of hydrogen-bond donors (Lipinski definition) is 0. The van der Waals surface area contributed by atoms with Crippen LogP contribution < -0.4 is 0 Å². The maximum absolute atomic E-state index is 11.4. The molecule has 0 bridgehead atoms. The topological polar surface area (TPSA) is 26.3 Å². The number of alkyl halides is 1. The quantitative estimate of drug-likeness (QED) is 0.0980. The van der Waals surface area contributed by atoms with Gasteiger partial charge in [0.25, 0.3) is 0 Å². The number of carbonyl (C=O) groups excluding carboxylic acids is 1. The van der Waals surface area contributed by atoms with Crippen LogP contribution in [0, 0.1) is 0 Å². The van der Waals surface area contributed by atoms with Crippen LogP contribution in [0.2, 0.25) is 0 Å². The van der Waals surface area contributed by atoms with Crippen molar-refractivity contribution in [1.82, 2.24) is 0 Å². The molecule has 0 N–H and O–H groups in total. The number of esters is 1. The molecule has 0 aromatic carbocycles. The summed E-state index contributed by atoms with van der Waals surface area (Å²) in [6, 6.07) is 0. The Morgan fingerprint density at radius 1 is 0.714 bits per heavy atom. The van der Waals surface area contributed by atoms with E-state index in [9.17, 15) is 4.79 Å². The fourth-order valence-electron chi connectivity index (χ4n) is 2.15. The van der Waals surface area contributed by atoms with Crippen molar-refractivity contribution in [3.63, 3.8) is 0 Å². The fourth-order valence-corrected chi connectivity index (χ4v) is 2.38. The molecule has 0 atom stereocenters. The van der Waals surface area contributed by atoms with Crippen molar-refractivity contribution in [2.45, 2.75) is 64.7 Å². The van der Waals surface area contributed by atoms with Gasteiger partial charge in [0.05, 0.1) is 6.61 Å². The highest BCUT2D eigenvalue weighted by atomic mass is 79.9. The summed E-state index contributed by atoms with van der Waals surface area (Å²) in [7, 11) is 0. The summed E-state index contributed by atoms with van der Waals surface area (Å²) in [5, 5.41) is 0.868. The molecule has 2 nitrogen and oxygen atoms in total. The molecule has 0 aliphatic rings. The molecular formula is C25H37BrO2. The van der Waals surface area contributed by atoms with Crippen LogP contribution in [0.25, 0.3) is 0 Å². The van der Waals surface area contributed by atoms with Crippen molar-refractivity contribution < 1.29 is 9.53 Å². The van der Waals surface area contributed by atoms with Gasteiger partial charge < -0.3 is 4.74 Å². The van der Waals surface area contributed by atoms with Crippen LogP contribution in [0.15, 0.2) is 72.9 Å². The van der Waals surface area contributed by atoms with Gasteiger partial charge in [-0.05, 0) is 51.4 Å². The third-order valence-corrected chi connectivity index (χ3v) is 4.21. The van der Waals surface area contributed by atoms with Gasteiger partial charge in [0.2, 0.25) is 0 Å². The molecule has 0 saturated carbocycles. The third kappa shape index (κ3) is 22.4. The Bertz CT molecular complexity index is 525. The van der Waals surface area contributed by atoms with Crippen LogP contribution in [0.4, 0.5) is 0 Å². The normalized spacial score (nSPS) is 12.8. The van der Waals surface area contributed by atoms with E-state index in [1.807, 2.05) is 6.08 Å². The van der Waals surface area contributed by atoms with Gasteiger partial charge in [-0.3, -0.25) is 4.79 Å². The van der Waals surface area contributed by atoms with Crippen LogP contribution in [-0.2, 0) is 9.53 Å². The maximum atomic E-state index is 11.4. The van der Waals surface area contributed by atoms with Gasteiger partial charge in [-0.15, -0.1) is 0 Å². The number of halogens is 1. The number of rotatable bonds is 17. The Balaban J connectivity index is 3.54. The van der Waals surface area contributed by atoms with Crippen molar-refractivity contribution in [3.8, 4) is 0 Å². The van der Waals surface area contributed by atoms with E-state index in [2.05, 4.69) is 89.7 Å². The lowest BCUT2D eigenvalue weighted by atomic mass is 10.2. The summed E-state index contributed by atoms with van der Waals surface area (Å²) in [5.74, 6) is -0.111. The molecule has 28 heavy (non-hydrogen) atoms. The molecule has 3 heteroatoms. The first-order chi connectivity index (χ1) is 13.8. The second kappa shape index (κ2) is 23.4. The summed E-state index contributed by atoms with van der Waals surface area (Å²) in [4.78, 5) is 11.4.